The van der Waals surface area contributed by atoms with Crippen molar-refractivity contribution in [2.24, 2.45) is 5.18 Å². The Morgan fingerprint density at radius 3 is 1.86 bits per heavy atom. The zero-order chi connectivity index (χ0) is 15.5. The molecule has 0 fully saturated rings. The Bertz CT molecular complexity index is 718. The lowest BCUT2D eigenvalue weighted by Gasteiger charge is -2.21. The molecule has 2 aromatic rings. The molecule has 7 heteroatoms. The highest BCUT2D eigenvalue weighted by Crippen LogP contribution is 2.42. The lowest BCUT2D eigenvalue weighted by Crippen LogP contribution is -2.35. The zero-order valence-corrected chi connectivity index (χ0v) is 11.5. The molecule has 0 aliphatic rings. The van der Waals surface area contributed by atoms with E-state index >= 15 is 0 Å². The van der Waals surface area contributed by atoms with Crippen molar-refractivity contribution in [3.05, 3.63) is 71.1 Å². The number of nitroso groups, excluding NO2 is 1. The number of sulfone groups is 1. The van der Waals surface area contributed by atoms with Crippen LogP contribution in [0.4, 0.5) is 8.78 Å². The van der Waals surface area contributed by atoms with Crippen molar-refractivity contribution < 1.29 is 17.2 Å². The van der Waals surface area contributed by atoms with Crippen LogP contribution in [0.15, 0.2) is 70.7 Å². The Morgan fingerprint density at radius 1 is 0.905 bits per heavy atom. The highest BCUT2D eigenvalue weighted by atomic mass is 32.2. The average molecular weight is 311 g/mol. The quantitative estimate of drug-likeness (QED) is 0.793. The number of hydrogen-bond donors (Lipinski definition) is 0. The third kappa shape index (κ3) is 2.69. The van der Waals surface area contributed by atoms with Crippen molar-refractivity contribution in [1.82, 2.24) is 0 Å². The molecule has 2 aromatic carbocycles. The minimum atomic E-state index is -5.03. The van der Waals surface area contributed by atoms with Crippen LogP contribution < -0.4 is 0 Å². The van der Waals surface area contributed by atoms with E-state index in [0.717, 1.165) is 12.1 Å². The molecule has 2 rings (SSSR count). The molecule has 0 aromatic heterocycles. The van der Waals surface area contributed by atoms with Crippen LogP contribution in [0.5, 0.6) is 0 Å². The summed E-state index contributed by atoms with van der Waals surface area (Å²) in [5.41, 5.74) is -0.156. The van der Waals surface area contributed by atoms with Gasteiger partial charge >= 0.3 is 5.25 Å². The topological polar surface area (TPSA) is 63.6 Å². The van der Waals surface area contributed by atoms with Gasteiger partial charge in [-0.1, -0.05) is 53.7 Å². The summed E-state index contributed by atoms with van der Waals surface area (Å²) in [5, 5.41) is -1.99. The summed E-state index contributed by atoms with van der Waals surface area (Å²) < 4.78 is 52.9. The summed E-state index contributed by atoms with van der Waals surface area (Å²) in [6.45, 7) is 0. The predicted molar refractivity (Wildman–Crippen MR) is 73.6 cm³/mol. The van der Waals surface area contributed by atoms with Gasteiger partial charge in [-0.25, -0.2) is 8.42 Å². The van der Waals surface area contributed by atoms with Crippen LogP contribution >= 0.6 is 0 Å². The Labute approximate surface area is 120 Å². The van der Waals surface area contributed by atoms with Crippen molar-refractivity contribution in [1.29, 1.82) is 0 Å². The van der Waals surface area contributed by atoms with Crippen LogP contribution in [0.1, 0.15) is 11.6 Å². The maximum atomic E-state index is 14.4. The van der Waals surface area contributed by atoms with Crippen LogP contribution in [-0.2, 0) is 9.84 Å². The van der Waals surface area contributed by atoms with E-state index in [9.17, 15) is 22.1 Å². The van der Waals surface area contributed by atoms with Gasteiger partial charge in [-0.05, 0) is 17.7 Å². The van der Waals surface area contributed by atoms with Crippen LogP contribution in [0.2, 0.25) is 0 Å². The molecule has 0 saturated carbocycles. The smallest absolute Gasteiger partial charge is 0.217 e. The number of alkyl halides is 2. The highest BCUT2D eigenvalue weighted by Gasteiger charge is 2.54. The molecule has 0 heterocycles. The molecule has 0 bridgehead atoms. The van der Waals surface area contributed by atoms with Crippen molar-refractivity contribution in [2.45, 2.75) is 16.2 Å². The summed E-state index contributed by atoms with van der Waals surface area (Å²) in [5.74, 6) is 0. The summed E-state index contributed by atoms with van der Waals surface area (Å²) in [4.78, 5) is 10.3. The molecule has 0 aliphatic heterocycles. The molecule has 0 amide bonds. The minimum absolute atomic E-state index is 0.156. The molecule has 110 valence electrons. The molecule has 0 N–H and O–H groups in total. The Balaban J connectivity index is 2.52. The van der Waals surface area contributed by atoms with E-state index in [1.165, 1.54) is 42.5 Å². The second-order valence-corrected chi connectivity index (χ2v) is 6.32. The first-order valence-corrected chi connectivity index (χ1v) is 7.44. The molecule has 0 radical (unpaired) electrons. The van der Waals surface area contributed by atoms with E-state index in [-0.39, 0.29) is 5.56 Å². The SMILES string of the molecule is O=NC(c1ccccc1)C(F)(F)S(=O)(=O)c1ccccc1. The minimum Gasteiger partial charge on any atom is -0.217 e. The average Bonchev–Trinajstić information content (AvgIpc) is 2.49. The van der Waals surface area contributed by atoms with Crippen molar-refractivity contribution in [3.8, 4) is 0 Å². The van der Waals surface area contributed by atoms with Crippen LogP contribution in [0, 0.1) is 4.91 Å². The Morgan fingerprint density at radius 2 is 1.38 bits per heavy atom. The van der Waals surface area contributed by atoms with E-state index in [4.69, 9.17) is 0 Å². The monoisotopic (exact) mass is 311 g/mol. The molecule has 0 aliphatic carbocycles. The molecule has 0 spiro atoms. The second-order valence-electron chi connectivity index (χ2n) is 4.30. The molecular weight excluding hydrogens is 300 g/mol. The fourth-order valence-electron chi connectivity index (χ4n) is 1.86. The van der Waals surface area contributed by atoms with Crippen LogP contribution in [0.25, 0.3) is 0 Å². The van der Waals surface area contributed by atoms with E-state index in [2.05, 4.69) is 5.18 Å². The lowest BCUT2D eigenvalue weighted by atomic mass is 10.1. The second kappa shape index (κ2) is 5.69. The van der Waals surface area contributed by atoms with Gasteiger partial charge in [-0.3, -0.25) is 0 Å². The maximum absolute atomic E-state index is 14.4. The van der Waals surface area contributed by atoms with Gasteiger partial charge in [0.2, 0.25) is 9.84 Å². The summed E-state index contributed by atoms with van der Waals surface area (Å²) in [6.07, 6.45) is 0. The van der Waals surface area contributed by atoms with Crippen LogP contribution in [-0.4, -0.2) is 13.7 Å². The number of rotatable bonds is 5. The summed E-state index contributed by atoms with van der Waals surface area (Å²) >= 11 is 0. The third-order valence-electron chi connectivity index (χ3n) is 2.95. The van der Waals surface area contributed by atoms with Gasteiger partial charge in [-0.15, -0.1) is 4.91 Å². The molecule has 4 nitrogen and oxygen atoms in total. The van der Waals surface area contributed by atoms with E-state index < -0.39 is 26.0 Å². The standard InChI is InChI=1S/C14H11F2NO3S/c15-14(16,13(17-18)11-7-3-1-4-8-11)21(19,20)12-9-5-2-6-10-12/h1-10,13H. The van der Waals surface area contributed by atoms with Gasteiger partial charge in [0.05, 0.1) is 4.90 Å². The third-order valence-corrected chi connectivity index (χ3v) is 4.78. The summed E-state index contributed by atoms with van der Waals surface area (Å²) in [7, 11) is -5.03. The van der Waals surface area contributed by atoms with Crippen molar-refractivity contribution in [3.63, 3.8) is 0 Å². The first-order chi connectivity index (χ1) is 9.91. The van der Waals surface area contributed by atoms with E-state index in [1.807, 2.05) is 0 Å². The highest BCUT2D eigenvalue weighted by molar-refractivity contribution is 7.92. The number of benzene rings is 2. The maximum Gasteiger partial charge on any atom is 0.379 e. The Hall–Kier alpha value is -2.15. The zero-order valence-electron chi connectivity index (χ0n) is 10.7. The molecular formula is C14H11F2NO3S. The summed E-state index contributed by atoms with van der Waals surface area (Å²) in [6, 6.07) is 10.9. The lowest BCUT2D eigenvalue weighted by molar-refractivity contribution is 0.0623. The number of hydrogen-bond acceptors (Lipinski definition) is 4. The first kappa shape index (κ1) is 15.2. The predicted octanol–water partition coefficient (Wildman–Crippen LogP) is 3.56. The van der Waals surface area contributed by atoms with E-state index in [0.29, 0.717) is 0 Å². The first-order valence-electron chi connectivity index (χ1n) is 5.96. The van der Waals surface area contributed by atoms with Gasteiger partial charge in [0, 0.05) is 0 Å². The number of nitrogens with zero attached hydrogens (tertiary/aromatic N) is 1. The normalized spacial score (nSPS) is 13.6. The molecule has 21 heavy (non-hydrogen) atoms. The molecule has 1 atom stereocenters. The van der Waals surface area contributed by atoms with Gasteiger partial charge < -0.3 is 0 Å². The number of halogens is 2. The van der Waals surface area contributed by atoms with Gasteiger partial charge in [0.25, 0.3) is 0 Å². The van der Waals surface area contributed by atoms with Crippen molar-refractivity contribution in [2.75, 3.05) is 0 Å². The van der Waals surface area contributed by atoms with Gasteiger partial charge in [0.1, 0.15) is 0 Å². The van der Waals surface area contributed by atoms with Crippen molar-refractivity contribution >= 4 is 9.84 Å². The van der Waals surface area contributed by atoms with Gasteiger partial charge in [-0.2, -0.15) is 8.78 Å². The molecule has 0 saturated heterocycles. The molecule has 1 unspecified atom stereocenters. The fourth-order valence-corrected chi connectivity index (χ4v) is 3.16. The van der Waals surface area contributed by atoms with Gasteiger partial charge in [0.15, 0.2) is 6.04 Å². The van der Waals surface area contributed by atoms with Crippen LogP contribution in [0.3, 0.4) is 0 Å². The fraction of sp³-hybridized carbons (Fsp3) is 0.143. The Kier molecular flexibility index (Phi) is 4.13. The van der Waals surface area contributed by atoms with E-state index in [1.54, 1.807) is 6.07 Å². The largest absolute Gasteiger partial charge is 0.379 e.